The van der Waals surface area contributed by atoms with E-state index in [1.807, 2.05) is 0 Å². The minimum absolute atomic E-state index is 0.0699. The van der Waals surface area contributed by atoms with Crippen molar-refractivity contribution in [2.75, 3.05) is 5.73 Å². The largest absolute Gasteiger partial charge is 0.478 e. The number of nitrogens with two attached hydrogens (primary N) is 1. The Morgan fingerprint density at radius 3 is 2.62 bits per heavy atom. The first-order valence-electron chi connectivity index (χ1n) is 5.08. The summed E-state index contributed by atoms with van der Waals surface area (Å²) in [5.74, 6) is 1.90. The van der Waals surface area contributed by atoms with Crippen LogP contribution in [0.2, 0.25) is 0 Å². The standard InChI is InChI=1S/C13H15NO2/c1-4-9-6-11(13(15)16)12(14)7-10(9)5-8(2)3/h1,6-8H,5,14H2,2-3H3,(H,15,16). The van der Waals surface area contributed by atoms with Crippen molar-refractivity contribution in [3.8, 4) is 12.3 Å². The zero-order valence-corrected chi connectivity index (χ0v) is 9.45. The molecule has 0 aliphatic heterocycles. The van der Waals surface area contributed by atoms with Crippen molar-refractivity contribution in [1.29, 1.82) is 0 Å². The first-order chi connectivity index (χ1) is 7.45. The fourth-order valence-electron chi connectivity index (χ4n) is 1.59. The highest BCUT2D eigenvalue weighted by Gasteiger charge is 2.12. The number of terminal acetylenes is 1. The van der Waals surface area contributed by atoms with Gasteiger partial charge in [0.05, 0.1) is 5.56 Å². The van der Waals surface area contributed by atoms with Crippen LogP contribution >= 0.6 is 0 Å². The van der Waals surface area contributed by atoms with Gasteiger partial charge in [-0.05, 0) is 30.0 Å². The fraction of sp³-hybridized carbons (Fsp3) is 0.308. The van der Waals surface area contributed by atoms with Crippen LogP contribution < -0.4 is 5.73 Å². The number of nitrogen functional groups attached to an aromatic ring is 1. The molecule has 0 aliphatic carbocycles. The molecule has 1 aromatic carbocycles. The number of anilines is 1. The van der Waals surface area contributed by atoms with Crippen molar-refractivity contribution in [2.45, 2.75) is 20.3 Å². The first kappa shape index (κ1) is 12.1. The molecule has 0 aliphatic rings. The summed E-state index contributed by atoms with van der Waals surface area (Å²) in [6.07, 6.45) is 6.16. The maximum absolute atomic E-state index is 10.9. The molecular weight excluding hydrogens is 202 g/mol. The van der Waals surface area contributed by atoms with Gasteiger partial charge in [0.25, 0.3) is 0 Å². The zero-order valence-electron chi connectivity index (χ0n) is 9.45. The summed E-state index contributed by atoms with van der Waals surface area (Å²) >= 11 is 0. The number of rotatable bonds is 3. The molecule has 0 bridgehead atoms. The van der Waals surface area contributed by atoms with Crippen LogP contribution in [0.3, 0.4) is 0 Å². The van der Waals surface area contributed by atoms with Gasteiger partial charge >= 0.3 is 5.97 Å². The van der Waals surface area contributed by atoms with E-state index in [0.717, 1.165) is 12.0 Å². The number of benzene rings is 1. The summed E-state index contributed by atoms with van der Waals surface area (Å²) in [5, 5.41) is 8.91. The Kier molecular flexibility index (Phi) is 3.57. The van der Waals surface area contributed by atoms with E-state index in [2.05, 4.69) is 19.8 Å². The highest BCUT2D eigenvalue weighted by atomic mass is 16.4. The smallest absolute Gasteiger partial charge is 0.337 e. The molecule has 0 fully saturated rings. The number of hydrogen-bond donors (Lipinski definition) is 2. The molecule has 0 saturated carbocycles. The lowest BCUT2D eigenvalue weighted by atomic mass is 9.95. The van der Waals surface area contributed by atoms with E-state index in [1.54, 1.807) is 6.07 Å². The predicted octanol–water partition coefficient (Wildman–Crippen LogP) is 2.15. The van der Waals surface area contributed by atoms with Crippen LogP contribution in [0.4, 0.5) is 5.69 Å². The molecule has 0 spiro atoms. The second-order valence-electron chi connectivity index (χ2n) is 4.14. The van der Waals surface area contributed by atoms with E-state index < -0.39 is 5.97 Å². The molecule has 84 valence electrons. The van der Waals surface area contributed by atoms with E-state index in [0.29, 0.717) is 11.5 Å². The topological polar surface area (TPSA) is 63.3 Å². The number of carboxylic acids is 1. The third-order valence-corrected chi connectivity index (χ3v) is 2.29. The molecule has 3 heteroatoms. The van der Waals surface area contributed by atoms with E-state index in [-0.39, 0.29) is 11.3 Å². The van der Waals surface area contributed by atoms with Gasteiger partial charge in [0.1, 0.15) is 0 Å². The molecule has 0 aromatic heterocycles. The Labute approximate surface area is 95.3 Å². The quantitative estimate of drug-likeness (QED) is 0.602. The third kappa shape index (κ3) is 2.54. The van der Waals surface area contributed by atoms with Crippen LogP contribution in [0.5, 0.6) is 0 Å². The van der Waals surface area contributed by atoms with Gasteiger partial charge in [-0.15, -0.1) is 6.42 Å². The van der Waals surface area contributed by atoms with Gasteiger partial charge in [-0.1, -0.05) is 19.8 Å². The monoisotopic (exact) mass is 217 g/mol. The van der Waals surface area contributed by atoms with E-state index in [9.17, 15) is 4.79 Å². The molecule has 3 nitrogen and oxygen atoms in total. The molecule has 1 rings (SSSR count). The van der Waals surface area contributed by atoms with Crippen LogP contribution in [0, 0.1) is 18.3 Å². The van der Waals surface area contributed by atoms with Crippen molar-refractivity contribution < 1.29 is 9.90 Å². The molecule has 0 heterocycles. The normalized spacial score (nSPS) is 10.1. The number of hydrogen-bond acceptors (Lipinski definition) is 2. The van der Waals surface area contributed by atoms with E-state index in [1.165, 1.54) is 6.07 Å². The Bertz CT molecular complexity index is 456. The minimum atomic E-state index is -1.05. The van der Waals surface area contributed by atoms with Gasteiger partial charge in [-0.25, -0.2) is 4.79 Å². The van der Waals surface area contributed by atoms with E-state index in [4.69, 9.17) is 17.3 Å². The zero-order chi connectivity index (χ0) is 12.3. The van der Waals surface area contributed by atoms with Gasteiger partial charge in [-0.3, -0.25) is 0 Å². The van der Waals surface area contributed by atoms with Crippen LogP contribution in [-0.4, -0.2) is 11.1 Å². The Balaban J connectivity index is 3.28. The maximum Gasteiger partial charge on any atom is 0.337 e. The maximum atomic E-state index is 10.9. The van der Waals surface area contributed by atoms with Crippen LogP contribution in [-0.2, 0) is 6.42 Å². The third-order valence-electron chi connectivity index (χ3n) is 2.29. The number of aromatic carboxylic acids is 1. The summed E-state index contributed by atoms with van der Waals surface area (Å²) in [4.78, 5) is 10.9. The fourth-order valence-corrected chi connectivity index (χ4v) is 1.59. The summed E-state index contributed by atoms with van der Waals surface area (Å²) in [7, 11) is 0. The van der Waals surface area contributed by atoms with Gasteiger partial charge in [0, 0.05) is 11.3 Å². The molecule has 0 amide bonds. The molecule has 1 aromatic rings. The lowest BCUT2D eigenvalue weighted by molar-refractivity contribution is 0.0698. The summed E-state index contributed by atoms with van der Waals surface area (Å²) < 4.78 is 0. The molecule has 16 heavy (non-hydrogen) atoms. The molecule has 0 atom stereocenters. The van der Waals surface area contributed by atoms with Gasteiger partial charge in [0.2, 0.25) is 0 Å². The van der Waals surface area contributed by atoms with Crippen molar-refractivity contribution in [1.82, 2.24) is 0 Å². The highest BCUT2D eigenvalue weighted by Crippen LogP contribution is 2.21. The van der Waals surface area contributed by atoms with Crippen molar-refractivity contribution >= 4 is 11.7 Å². The molecule has 0 radical (unpaired) electrons. The van der Waals surface area contributed by atoms with Gasteiger partial charge in [0.15, 0.2) is 0 Å². The minimum Gasteiger partial charge on any atom is -0.478 e. The molecule has 3 N–H and O–H groups in total. The van der Waals surface area contributed by atoms with Crippen molar-refractivity contribution in [3.63, 3.8) is 0 Å². The van der Waals surface area contributed by atoms with Crippen molar-refractivity contribution in [3.05, 3.63) is 28.8 Å². The SMILES string of the molecule is C#Cc1cc(C(=O)O)c(N)cc1CC(C)C. The second kappa shape index (κ2) is 4.71. The Hall–Kier alpha value is -1.95. The average Bonchev–Trinajstić information content (AvgIpc) is 2.16. The van der Waals surface area contributed by atoms with Crippen molar-refractivity contribution in [2.24, 2.45) is 5.92 Å². The summed E-state index contributed by atoms with van der Waals surface area (Å²) in [6, 6.07) is 3.13. The molecule has 0 unspecified atom stereocenters. The van der Waals surface area contributed by atoms with E-state index >= 15 is 0 Å². The molecular formula is C13H15NO2. The average molecular weight is 217 g/mol. The van der Waals surface area contributed by atoms with Crippen LogP contribution in [0.25, 0.3) is 0 Å². The van der Waals surface area contributed by atoms with Gasteiger partial charge in [-0.2, -0.15) is 0 Å². The first-order valence-corrected chi connectivity index (χ1v) is 5.08. The van der Waals surface area contributed by atoms with Gasteiger partial charge < -0.3 is 10.8 Å². The number of carbonyl (C=O) groups is 1. The highest BCUT2D eigenvalue weighted by molar-refractivity contribution is 5.94. The van der Waals surface area contributed by atoms with Crippen LogP contribution in [0.15, 0.2) is 12.1 Å². The summed E-state index contributed by atoms with van der Waals surface area (Å²) in [6.45, 7) is 4.14. The Morgan fingerprint density at radius 1 is 1.56 bits per heavy atom. The molecule has 0 saturated heterocycles. The predicted molar refractivity (Wildman–Crippen MR) is 64.3 cm³/mol. The van der Waals surface area contributed by atoms with Crippen LogP contribution in [0.1, 0.15) is 35.3 Å². The lowest BCUT2D eigenvalue weighted by Crippen LogP contribution is -2.06. The second-order valence-corrected chi connectivity index (χ2v) is 4.14. The lowest BCUT2D eigenvalue weighted by Gasteiger charge is -2.10. The summed E-state index contributed by atoms with van der Waals surface area (Å²) in [5.41, 5.74) is 7.55. The Morgan fingerprint density at radius 2 is 2.19 bits per heavy atom. The number of carboxylic acid groups (broad SMARTS) is 1.